The summed E-state index contributed by atoms with van der Waals surface area (Å²) < 4.78 is 98.8. The second-order valence-electron chi connectivity index (χ2n) is 26.9. The highest BCUT2D eigenvalue weighted by Crippen LogP contribution is 2.30. The molecule has 0 spiro atoms. The SMILES string of the molecule is CC(C)Cc1ccccc1.CC(C)NCc1ccc(C(F)(F)F)cc1.CC(C)NCc1ccc(F)cc1.CC(C)NCc1cccc(C(F)(F)F)c1.CC(C)NCc1cccc(F)c1.CC(C)NCc1ccccc1.Cc1ccc(CNC(C)C)cc1.Cc1cccc(CNC(C)C)c1. The van der Waals surface area contributed by atoms with Gasteiger partial charge in [0.15, 0.2) is 0 Å². The Balaban J connectivity index is 0.000000567. The van der Waals surface area contributed by atoms with Crippen LogP contribution in [-0.4, -0.2) is 42.3 Å². The molecular formula is C84H119F8N7. The van der Waals surface area contributed by atoms with E-state index in [9.17, 15) is 35.1 Å². The fourth-order valence-electron chi connectivity index (χ4n) is 8.38. The van der Waals surface area contributed by atoms with E-state index in [0.29, 0.717) is 54.9 Å². The van der Waals surface area contributed by atoms with Crippen molar-refractivity contribution in [3.8, 4) is 0 Å². The topological polar surface area (TPSA) is 84.2 Å². The van der Waals surface area contributed by atoms with Gasteiger partial charge in [0.1, 0.15) is 11.6 Å². The summed E-state index contributed by atoms with van der Waals surface area (Å²) in [5.41, 5.74) is 10.6. The van der Waals surface area contributed by atoms with Crippen molar-refractivity contribution in [2.45, 2.75) is 232 Å². The van der Waals surface area contributed by atoms with Crippen LogP contribution in [0.3, 0.4) is 0 Å². The molecular weight excluding hydrogens is 1260 g/mol. The van der Waals surface area contributed by atoms with E-state index in [0.717, 1.165) is 73.5 Å². The lowest BCUT2D eigenvalue weighted by Gasteiger charge is -2.11. The Morgan fingerprint density at radius 1 is 0.253 bits per heavy atom. The van der Waals surface area contributed by atoms with Crippen molar-refractivity contribution in [3.05, 3.63) is 285 Å². The van der Waals surface area contributed by atoms with E-state index in [1.54, 1.807) is 30.3 Å². The zero-order valence-electron chi connectivity index (χ0n) is 62.4. The lowest BCUT2D eigenvalue weighted by molar-refractivity contribution is -0.138. The Labute approximate surface area is 591 Å². The van der Waals surface area contributed by atoms with Crippen molar-refractivity contribution >= 4 is 0 Å². The van der Waals surface area contributed by atoms with Gasteiger partial charge in [0, 0.05) is 88.1 Å². The molecule has 8 rings (SSSR count). The first-order valence-corrected chi connectivity index (χ1v) is 34.7. The molecule has 546 valence electrons. The number of alkyl halides is 6. The molecule has 15 heteroatoms. The Kier molecular flexibility index (Phi) is 46.4. The largest absolute Gasteiger partial charge is 0.416 e. The van der Waals surface area contributed by atoms with Gasteiger partial charge in [-0.2, -0.15) is 26.3 Å². The van der Waals surface area contributed by atoms with E-state index in [-0.39, 0.29) is 17.7 Å². The number of halogens is 8. The van der Waals surface area contributed by atoms with Crippen LogP contribution in [0.1, 0.15) is 178 Å². The maximum absolute atomic E-state index is 12.7. The smallest absolute Gasteiger partial charge is 0.310 e. The van der Waals surface area contributed by atoms with Gasteiger partial charge < -0.3 is 37.2 Å². The summed E-state index contributed by atoms with van der Waals surface area (Å²) in [5, 5.41) is 22.8. The van der Waals surface area contributed by atoms with Crippen LogP contribution in [0.25, 0.3) is 0 Å². The van der Waals surface area contributed by atoms with Gasteiger partial charge in [0.25, 0.3) is 0 Å². The molecule has 0 heterocycles. The van der Waals surface area contributed by atoms with Crippen molar-refractivity contribution in [3.63, 3.8) is 0 Å². The molecule has 7 N–H and O–H groups in total. The van der Waals surface area contributed by atoms with Gasteiger partial charge in [-0.3, -0.25) is 0 Å². The second kappa shape index (κ2) is 51.1. The van der Waals surface area contributed by atoms with Crippen LogP contribution >= 0.6 is 0 Å². The fourth-order valence-corrected chi connectivity index (χ4v) is 8.38. The van der Waals surface area contributed by atoms with Crippen molar-refractivity contribution in [2.75, 3.05) is 0 Å². The normalized spacial score (nSPS) is 11.1. The highest BCUT2D eigenvalue weighted by molar-refractivity contribution is 5.27. The molecule has 0 amide bonds. The van der Waals surface area contributed by atoms with Crippen molar-refractivity contribution in [1.82, 2.24) is 37.2 Å². The molecule has 0 bridgehead atoms. The number of benzene rings is 8. The summed E-state index contributed by atoms with van der Waals surface area (Å²) in [5.74, 6) is 0.420. The lowest BCUT2D eigenvalue weighted by atomic mass is 10.0. The quantitative estimate of drug-likeness (QED) is 0.0322. The Hall–Kier alpha value is -7.08. The van der Waals surface area contributed by atoms with Gasteiger partial charge in [0.05, 0.1) is 11.1 Å². The minimum atomic E-state index is -4.26. The lowest BCUT2D eigenvalue weighted by Crippen LogP contribution is -2.22. The van der Waals surface area contributed by atoms with E-state index in [1.807, 2.05) is 39.8 Å². The molecule has 99 heavy (non-hydrogen) atoms. The molecule has 8 aromatic rings. The van der Waals surface area contributed by atoms with Gasteiger partial charge >= 0.3 is 12.4 Å². The standard InChI is InChI=1S/2C11H14F3N.2C11H17N.2C10H14FN.C10H15N.C10H14/c1-8(2)15-7-9-3-5-10(6-4-9)11(12,13)14;1-8(2)15-7-9-4-3-5-10(6-9)11(12,13)14;1-9(2)12-8-11-6-4-10(3)5-7-11;1-9(2)12-8-11-6-4-5-10(3)7-11;1-8(2)12-7-9-3-5-10(11)6-4-9;1-8(2)12-7-9-4-3-5-10(11)6-9;1-9(2)11-8-10-6-4-3-5-7-10;1-9(2)8-10-6-4-3-5-7-10/h2*3-6,8,15H,7H2,1-2H3;2*4-7,9,12H,8H2,1-3H3;2*3-6,8,12H,7H2,1-2H3;3-7,9,11H,8H2,1-2H3;3-7,9H,8H2,1-2H3. The van der Waals surface area contributed by atoms with E-state index < -0.39 is 23.5 Å². The van der Waals surface area contributed by atoms with Gasteiger partial charge in [-0.1, -0.05) is 286 Å². The summed E-state index contributed by atoms with van der Waals surface area (Å²) in [7, 11) is 0. The van der Waals surface area contributed by atoms with Gasteiger partial charge in [0.2, 0.25) is 0 Å². The maximum Gasteiger partial charge on any atom is 0.416 e. The first kappa shape index (κ1) is 89.9. The average Bonchev–Trinajstić information content (AvgIpc) is 1.04. The van der Waals surface area contributed by atoms with Gasteiger partial charge in [-0.15, -0.1) is 0 Å². The minimum absolute atomic E-state index is 0.168. The monoisotopic (exact) mass is 1380 g/mol. The molecule has 0 aliphatic heterocycles. The molecule has 0 unspecified atom stereocenters. The third-order valence-electron chi connectivity index (χ3n) is 13.9. The fraction of sp³-hybridized carbons (Fsp3) is 0.429. The van der Waals surface area contributed by atoms with E-state index in [1.165, 1.54) is 82.3 Å². The molecule has 0 atom stereocenters. The van der Waals surface area contributed by atoms with Crippen molar-refractivity contribution in [2.24, 2.45) is 5.92 Å². The van der Waals surface area contributed by atoms with Crippen LogP contribution in [0.2, 0.25) is 0 Å². The van der Waals surface area contributed by atoms with E-state index >= 15 is 0 Å². The number of aryl methyl sites for hydroxylation is 2. The minimum Gasteiger partial charge on any atom is -0.310 e. The zero-order chi connectivity index (χ0) is 74.3. The van der Waals surface area contributed by atoms with Crippen LogP contribution in [0.5, 0.6) is 0 Å². The predicted octanol–water partition coefficient (Wildman–Crippen LogP) is 21.1. The summed E-state index contributed by atoms with van der Waals surface area (Å²) >= 11 is 0. The first-order chi connectivity index (χ1) is 46.6. The van der Waals surface area contributed by atoms with Crippen LogP contribution in [0.4, 0.5) is 35.1 Å². The highest BCUT2D eigenvalue weighted by atomic mass is 19.4. The molecule has 0 aliphatic rings. The average molecular weight is 1380 g/mol. The molecule has 0 saturated heterocycles. The van der Waals surface area contributed by atoms with Gasteiger partial charge in [-0.25, -0.2) is 8.78 Å². The summed E-state index contributed by atoms with van der Waals surface area (Å²) in [6, 6.07) is 65.3. The molecule has 8 aromatic carbocycles. The molecule has 0 aromatic heterocycles. The molecule has 0 saturated carbocycles. The summed E-state index contributed by atoms with van der Waals surface area (Å²) in [6.07, 6.45) is -7.31. The second-order valence-corrected chi connectivity index (χ2v) is 26.9. The number of hydrogen-bond acceptors (Lipinski definition) is 7. The van der Waals surface area contributed by atoms with Crippen molar-refractivity contribution in [1.29, 1.82) is 0 Å². The number of hydrogen-bond donors (Lipinski definition) is 7. The number of rotatable bonds is 23. The molecule has 7 nitrogen and oxygen atoms in total. The Bertz CT molecular complexity index is 3130. The molecule has 0 radical (unpaired) electrons. The maximum atomic E-state index is 12.7. The van der Waals surface area contributed by atoms with Crippen LogP contribution < -0.4 is 37.2 Å². The summed E-state index contributed by atoms with van der Waals surface area (Å²) in [4.78, 5) is 0. The Morgan fingerprint density at radius 3 is 0.889 bits per heavy atom. The Morgan fingerprint density at radius 2 is 0.545 bits per heavy atom. The van der Waals surface area contributed by atoms with Gasteiger partial charge in [-0.05, 0) is 113 Å². The first-order valence-electron chi connectivity index (χ1n) is 34.7. The number of nitrogens with one attached hydrogen (secondary N) is 7. The predicted molar refractivity (Wildman–Crippen MR) is 403 cm³/mol. The van der Waals surface area contributed by atoms with Crippen LogP contribution in [0, 0.1) is 31.4 Å². The summed E-state index contributed by atoms with van der Waals surface area (Å²) in [6.45, 7) is 43.4. The van der Waals surface area contributed by atoms with Crippen molar-refractivity contribution < 1.29 is 35.1 Å². The molecule has 0 aliphatic carbocycles. The van der Waals surface area contributed by atoms with E-state index in [2.05, 4.69) is 237 Å². The highest BCUT2D eigenvalue weighted by Gasteiger charge is 2.31. The third kappa shape index (κ3) is 50.0. The third-order valence-corrected chi connectivity index (χ3v) is 13.9. The van der Waals surface area contributed by atoms with E-state index in [4.69, 9.17) is 0 Å². The molecule has 0 fully saturated rings. The van der Waals surface area contributed by atoms with Crippen LogP contribution in [0.15, 0.2) is 206 Å². The van der Waals surface area contributed by atoms with Crippen LogP contribution in [-0.2, 0) is 64.6 Å². The zero-order valence-corrected chi connectivity index (χ0v) is 62.4.